The van der Waals surface area contributed by atoms with E-state index in [1.807, 2.05) is 0 Å². The maximum absolute atomic E-state index is 11.6. The van der Waals surface area contributed by atoms with E-state index in [0.29, 0.717) is 5.02 Å². The molecule has 0 aromatic heterocycles. The van der Waals surface area contributed by atoms with Gasteiger partial charge in [-0.25, -0.2) is 0 Å². The third-order valence-corrected chi connectivity index (χ3v) is 2.67. The number of anilines is 1. The number of hydrogen-bond donors (Lipinski definition) is 2. The first-order valence-corrected chi connectivity index (χ1v) is 6.28. The third kappa shape index (κ3) is 5.22. The molecule has 3 nitrogen and oxygen atoms in total. The lowest BCUT2D eigenvalue weighted by molar-refractivity contribution is -0.115. The van der Waals surface area contributed by atoms with E-state index in [0.717, 1.165) is 18.5 Å². The molecule has 0 aliphatic rings. The summed E-state index contributed by atoms with van der Waals surface area (Å²) < 4.78 is 0. The van der Waals surface area contributed by atoms with Crippen molar-refractivity contribution < 1.29 is 4.79 Å². The van der Waals surface area contributed by atoms with E-state index in [1.165, 1.54) is 0 Å². The Balaban J connectivity index is 2.38. The average molecular weight is 265 g/mol. The number of terminal acetylenes is 1. The Kier molecular flexibility index (Phi) is 6.27. The van der Waals surface area contributed by atoms with Crippen molar-refractivity contribution in [1.82, 2.24) is 5.32 Å². The molecule has 2 N–H and O–H groups in total. The molecule has 4 heteroatoms. The maximum atomic E-state index is 11.6. The molecule has 0 aliphatic heterocycles. The number of halogens is 1. The van der Waals surface area contributed by atoms with Crippen LogP contribution in [0, 0.1) is 12.3 Å². The second-order valence-corrected chi connectivity index (χ2v) is 4.38. The van der Waals surface area contributed by atoms with E-state index in [9.17, 15) is 4.79 Å². The number of hydrogen-bond acceptors (Lipinski definition) is 2. The molecule has 0 bridgehead atoms. The minimum Gasteiger partial charge on any atom is -0.325 e. The molecule has 1 unspecified atom stereocenters. The minimum atomic E-state index is -0.117. The molecule has 1 rings (SSSR count). The van der Waals surface area contributed by atoms with Crippen molar-refractivity contribution in [1.29, 1.82) is 0 Å². The largest absolute Gasteiger partial charge is 0.325 e. The van der Waals surface area contributed by atoms with Crippen LogP contribution in [0.25, 0.3) is 0 Å². The van der Waals surface area contributed by atoms with Gasteiger partial charge in [0.2, 0.25) is 5.91 Å². The zero-order valence-corrected chi connectivity index (χ0v) is 11.1. The smallest absolute Gasteiger partial charge is 0.238 e. The van der Waals surface area contributed by atoms with E-state index in [4.69, 9.17) is 18.0 Å². The van der Waals surface area contributed by atoms with Crippen molar-refractivity contribution in [2.24, 2.45) is 0 Å². The van der Waals surface area contributed by atoms with Gasteiger partial charge in [-0.05, 0) is 30.7 Å². The lowest BCUT2D eigenvalue weighted by Gasteiger charge is -2.11. The van der Waals surface area contributed by atoms with Crippen LogP contribution in [0.15, 0.2) is 24.3 Å². The number of benzene rings is 1. The number of carbonyl (C=O) groups excluding carboxylic acids is 1. The Morgan fingerprint density at radius 2 is 2.11 bits per heavy atom. The Morgan fingerprint density at radius 3 is 2.67 bits per heavy atom. The molecule has 1 amide bonds. The van der Waals surface area contributed by atoms with Crippen molar-refractivity contribution in [3.63, 3.8) is 0 Å². The molecule has 18 heavy (non-hydrogen) atoms. The predicted molar refractivity (Wildman–Crippen MR) is 75.6 cm³/mol. The fourth-order valence-corrected chi connectivity index (χ4v) is 1.61. The SMILES string of the molecule is C#CC(CCC)NCC(=O)Nc1ccc(Cl)cc1. The molecule has 0 saturated heterocycles. The van der Waals surface area contributed by atoms with Crippen LogP contribution in [0.3, 0.4) is 0 Å². The summed E-state index contributed by atoms with van der Waals surface area (Å²) in [5.74, 6) is 2.50. The topological polar surface area (TPSA) is 41.1 Å². The standard InChI is InChI=1S/C14H17ClN2O/c1-3-5-12(4-2)16-10-14(18)17-13-8-6-11(15)7-9-13/h2,6-9,12,16H,3,5,10H2,1H3,(H,17,18). The summed E-state index contributed by atoms with van der Waals surface area (Å²) in [6, 6.07) is 6.92. The number of nitrogens with one attached hydrogen (secondary N) is 2. The van der Waals surface area contributed by atoms with Gasteiger partial charge in [-0.3, -0.25) is 10.1 Å². The molecule has 0 spiro atoms. The molecule has 1 atom stereocenters. The Bertz CT molecular complexity index is 422. The summed E-state index contributed by atoms with van der Waals surface area (Å²) in [5.41, 5.74) is 0.721. The highest BCUT2D eigenvalue weighted by molar-refractivity contribution is 6.30. The summed E-state index contributed by atoms with van der Waals surface area (Å²) in [5, 5.41) is 6.43. The quantitative estimate of drug-likeness (QED) is 0.776. The highest BCUT2D eigenvalue weighted by Crippen LogP contribution is 2.12. The molecule has 0 radical (unpaired) electrons. The van der Waals surface area contributed by atoms with Crippen LogP contribution < -0.4 is 10.6 Å². The molecular formula is C14H17ClN2O. The fraction of sp³-hybridized carbons (Fsp3) is 0.357. The fourth-order valence-electron chi connectivity index (χ4n) is 1.49. The molecule has 0 fully saturated rings. The van der Waals surface area contributed by atoms with Gasteiger partial charge in [0, 0.05) is 10.7 Å². The molecule has 1 aromatic carbocycles. The van der Waals surface area contributed by atoms with Gasteiger partial charge < -0.3 is 5.32 Å². The van der Waals surface area contributed by atoms with Gasteiger partial charge in [-0.2, -0.15) is 0 Å². The lowest BCUT2D eigenvalue weighted by Crippen LogP contribution is -2.35. The van der Waals surface area contributed by atoms with E-state index >= 15 is 0 Å². The monoisotopic (exact) mass is 264 g/mol. The van der Waals surface area contributed by atoms with Crippen molar-refractivity contribution in [2.75, 3.05) is 11.9 Å². The van der Waals surface area contributed by atoms with Crippen LogP contribution in [0.2, 0.25) is 5.02 Å². The van der Waals surface area contributed by atoms with Crippen LogP contribution in [-0.4, -0.2) is 18.5 Å². The Morgan fingerprint density at radius 1 is 1.44 bits per heavy atom. The maximum Gasteiger partial charge on any atom is 0.238 e. The highest BCUT2D eigenvalue weighted by Gasteiger charge is 2.06. The molecule has 0 heterocycles. The Hall–Kier alpha value is -1.50. The molecule has 1 aromatic rings. The van der Waals surface area contributed by atoms with Gasteiger partial charge in [0.1, 0.15) is 0 Å². The molecule has 0 aliphatic carbocycles. The number of amides is 1. The predicted octanol–water partition coefficient (Wildman–Crippen LogP) is 2.67. The molecule has 0 saturated carbocycles. The Labute approximate surface area is 113 Å². The number of carbonyl (C=O) groups is 1. The van der Waals surface area contributed by atoms with Gasteiger partial charge >= 0.3 is 0 Å². The van der Waals surface area contributed by atoms with Gasteiger partial charge in [0.15, 0.2) is 0 Å². The van der Waals surface area contributed by atoms with Gasteiger partial charge in [0.25, 0.3) is 0 Å². The average Bonchev–Trinajstić information content (AvgIpc) is 2.37. The van der Waals surface area contributed by atoms with Crippen molar-refractivity contribution in [3.8, 4) is 12.3 Å². The van der Waals surface area contributed by atoms with Gasteiger partial charge in [-0.1, -0.05) is 30.9 Å². The van der Waals surface area contributed by atoms with Crippen molar-refractivity contribution >= 4 is 23.2 Å². The third-order valence-electron chi connectivity index (χ3n) is 2.42. The van der Waals surface area contributed by atoms with E-state index in [-0.39, 0.29) is 18.5 Å². The zero-order valence-electron chi connectivity index (χ0n) is 10.4. The second-order valence-electron chi connectivity index (χ2n) is 3.94. The normalized spacial score (nSPS) is 11.6. The second kappa shape index (κ2) is 7.75. The van der Waals surface area contributed by atoms with Crippen molar-refractivity contribution in [3.05, 3.63) is 29.3 Å². The van der Waals surface area contributed by atoms with Crippen LogP contribution in [0.5, 0.6) is 0 Å². The van der Waals surface area contributed by atoms with Crippen LogP contribution in [0.1, 0.15) is 19.8 Å². The van der Waals surface area contributed by atoms with Crippen LogP contribution >= 0.6 is 11.6 Å². The number of rotatable bonds is 6. The van der Waals surface area contributed by atoms with Gasteiger partial charge in [0.05, 0.1) is 12.6 Å². The molecule has 96 valence electrons. The van der Waals surface area contributed by atoms with Gasteiger partial charge in [-0.15, -0.1) is 6.42 Å². The summed E-state index contributed by atoms with van der Waals surface area (Å²) in [4.78, 5) is 11.6. The summed E-state index contributed by atoms with van der Waals surface area (Å²) in [7, 11) is 0. The zero-order chi connectivity index (χ0) is 13.4. The summed E-state index contributed by atoms with van der Waals surface area (Å²) in [6.07, 6.45) is 7.21. The van der Waals surface area contributed by atoms with Crippen molar-refractivity contribution in [2.45, 2.75) is 25.8 Å². The summed E-state index contributed by atoms with van der Waals surface area (Å²) >= 11 is 5.76. The van der Waals surface area contributed by atoms with Crippen LogP contribution in [0.4, 0.5) is 5.69 Å². The van der Waals surface area contributed by atoms with E-state index in [2.05, 4.69) is 23.5 Å². The van der Waals surface area contributed by atoms with Crippen LogP contribution in [-0.2, 0) is 4.79 Å². The van der Waals surface area contributed by atoms with E-state index < -0.39 is 0 Å². The first-order valence-electron chi connectivity index (χ1n) is 5.90. The summed E-state index contributed by atoms with van der Waals surface area (Å²) in [6.45, 7) is 2.26. The lowest BCUT2D eigenvalue weighted by atomic mass is 10.2. The highest BCUT2D eigenvalue weighted by atomic mass is 35.5. The first kappa shape index (κ1) is 14.6. The van der Waals surface area contributed by atoms with E-state index in [1.54, 1.807) is 24.3 Å². The minimum absolute atomic E-state index is 0.0500. The first-order chi connectivity index (χ1) is 8.65. The molecular weight excluding hydrogens is 248 g/mol.